The van der Waals surface area contributed by atoms with Crippen molar-refractivity contribution in [3.63, 3.8) is 0 Å². The second-order valence-electron chi connectivity index (χ2n) is 4.97. The number of halogens is 4. The van der Waals surface area contributed by atoms with Crippen LogP contribution in [-0.4, -0.2) is 11.8 Å². The summed E-state index contributed by atoms with van der Waals surface area (Å²) in [6, 6.07) is 9.39. The van der Waals surface area contributed by atoms with Crippen LogP contribution in [0.3, 0.4) is 0 Å². The quantitative estimate of drug-likeness (QED) is 0.797. The molecule has 8 heteroatoms. The number of nitrogens with one attached hydrogen (secondary N) is 1. The molecule has 2 amide bonds. The van der Waals surface area contributed by atoms with Crippen LogP contribution in [0.1, 0.15) is 21.5 Å². The van der Waals surface area contributed by atoms with Crippen molar-refractivity contribution < 1.29 is 22.8 Å². The molecule has 0 fully saturated rings. The average Bonchev–Trinajstić information content (AvgIpc) is 2.53. The lowest BCUT2D eigenvalue weighted by Crippen LogP contribution is -2.16. The molecule has 25 heavy (non-hydrogen) atoms. The van der Waals surface area contributed by atoms with Crippen molar-refractivity contribution in [3.8, 4) is 0 Å². The maximum atomic E-state index is 12.8. The molecule has 3 N–H and O–H groups in total. The number of hydrogen-bond donors (Lipinski definition) is 2. The Hall–Kier alpha value is -2.80. The molecule has 0 aromatic heterocycles. The van der Waals surface area contributed by atoms with Gasteiger partial charge in [0, 0.05) is 6.08 Å². The first kappa shape index (κ1) is 18.5. The van der Waals surface area contributed by atoms with Crippen molar-refractivity contribution in [1.82, 2.24) is 0 Å². The van der Waals surface area contributed by atoms with Gasteiger partial charge in [0.25, 0.3) is 5.91 Å². The van der Waals surface area contributed by atoms with E-state index < -0.39 is 28.6 Å². The number of rotatable bonds is 4. The molecule has 0 unspecified atom stereocenters. The van der Waals surface area contributed by atoms with Crippen molar-refractivity contribution in [2.45, 2.75) is 6.18 Å². The predicted molar refractivity (Wildman–Crippen MR) is 89.1 cm³/mol. The Morgan fingerprint density at radius 2 is 1.80 bits per heavy atom. The molecule has 130 valence electrons. The fourth-order valence-electron chi connectivity index (χ4n) is 2.02. The summed E-state index contributed by atoms with van der Waals surface area (Å²) in [7, 11) is 0. The minimum absolute atomic E-state index is 0.120. The zero-order valence-electron chi connectivity index (χ0n) is 12.6. The maximum Gasteiger partial charge on any atom is 0.417 e. The molecular weight excluding hydrogens is 357 g/mol. The average molecular weight is 369 g/mol. The zero-order valence-corrected chi connectivity index (χ0v) is 13.4. The van der Waals surface area contributed by atoms with Gasteiger partial charge in [-0.3, -0.25) is 9.59 Å². The predicted octanol–water partition coefficient (Wildman–Crippen LogP) is 4.11. The highest BCUT2D eigenvalue weighted by atomic mass is 35.5. The molecule has 0 radical (unpaired) electrons. The topological polar surface area (TPSA) is 72.2 Å². The van der Waals surface area contributed by atoms with Gasteiger partial charge >= 0.3 is 6.18 Å². The third-order valence-electron chi connectivity index (χ3n) is 3.17. The van der Waals surface area contributed by atoms with Gasteiger partial charge in [-0.1, -0.05) is 29.8 Å². The number of benzene rings is 2. The fraction of sp³-hybridized carbons (Fsp3) is 0.0588. The van der Waals surface area contributed by atoms with Crippen molar-refractivity contribution in [1.29, 1.82) is 0 Å². The molecule has 0 spiro atoms. The normalized spacial score (nSPS) is 11.5. The largest absolute Gasteiger partial charge is 0.417 e. The summed E-state index contributed by atoms with van der Waals surface area (Å²) in [5.74, 6) is -1.34. The monoisotopic (exact) mass is 368 g/mol. The van der Waals surface area contributed by atoms with Crippen molar-refractivity contribution >= 4 is 35.2 Å². The van der Waals surface area contributed by atoms with Crippen LogP contribution >= 0.6 is 11.6 Å². The van der Waals surface area contributed by atoms with Gasteiger partial charge in [0.1, 0.15) is 0 Å². The van der Waals surface area contributed by atoms with E-state index in [0.29, 0.717) is 0 Å². The van der Waals surface area contributed by atoms with Crippen LogP contribution in [0.25, 0.3) is 6.08 Å². The first-order valence-corrected chi connectivity index (χ1v) is 7.31. The Labute approximate surface area is 146 Å². The zero-order chi connectivity index (χ0) is 18.6. The van der Waals surface area contributed by atoms with Gasteiger partial charge < -0.3 is 11.1 Å². The summed E-state index contributed by atoms with van der Waals surface area (Å²) in [5, 5.41) is 2.02. The lowest BCUT2D eigenvalue weighted by molar-refractivity contribution is -0.137. The van der Waals surface area contributed by atoms with Crippen molar-refractivity contribution in [2.24, 2.45) is 5.73 Å². The Morgan fingerprint density at radius 3 is 2.44 bits per heavy atom. The van der Waals surface area contributed by atoms with E-state index in [1.807, 2.05) is 0 Å². The Kier molecular flexibility index (Phi) is 5.48. The molecule has 0 atom stereocenters. The van der Waals surface area contributed by atoms with Crippen LogP contribution in [-0.2, 0) is 11.0 Å². The van der Waals surface area contributed by atoms with E-state index in [9.17, 15) is 22.8 Å². The number of alkyl halides is 3. The van der Waals surface area contributed by atoms with E-state index >= 15 is 0 Å². The third kappa shape index (κ3) is 4.84. The van der Waals surface area contributed by atoms with Crippen molar-refractivity contribution in [3.05, 3.63) is 70.3 Å². The third-order valence-corrected chi connectivity index (χ3v) is 3.50. The fourth-order valence-corrected chi connectivity index (χ4v) is 2.24. The molecule has 0 heterocycles. The van der Waals surface area contributed by atoms with Gasteiger partial charge in [-0.15, -0.1) is 0 Å². The molecule has 0 saturated heterocycles. The van der Waals surface area contributed by atoms with Crippen molar-refractivity contribution in [2.75, 3.05) is 5.32 Å². The summed E-state index contributed by atoms with van der Waals surface area (Å²) in [4.78, 5) is 23.2. The molecule has 0 saturated carbocycles. The van der Waals surface area contributed by atoms with Crippen LogP contribution in [0.15, 0.2) is 48.5 Å². The minimum atomic E-state index is -4.59. The standard InChI is InChI=1S/C17H12ClF3N2O2/c18-13-7-5-10(9-12(13)17(19,20)21)6-8-15(24)23-14-4-2-1-3-11(14)16(22)25/h1-9H,(H2,22,25)(H,23,24). The SMILES string of the molecule is NC(=O)c1ccccc1NC(=O)C=Cc1ccc(Cl)c(C(F)(F)F)c1. The Bertz CT molecular complexity index is 848. The Balaban J connectivity index is 2.18. The van der Waals surface area contributed by atoms with Gasteiger partial charge in [-0.25, -0.2) is 0 Å². The van der Waals surface area contributed by atoms with Gasteiger partial charge in [0.05, 0.1) is 21.8 Å². The second-order valence-corrected chi connectivity index (χ2v) is 5.38. The van der Waals surface area contributed by atoms with Crippen LogP contribution in [0.5, 0.6) is 0 Å². The summed E-state index contributed by atoms with van der Waals surface area (Å²) in [6.07, 6.45) is -2.35. The van der Waals surface area contributed by atoms with E-state index in [-0.39, 0.29) is 16.8 Å². The summed E-state index contributed by atoms with van der Waals surface area (Å²) >= 11 is 5.53. The van der Waals surface area contributed by atoms with E-state index in [0.717, 1.165) is 18.2 Å². The molecule has 2 aromatic rings. The smallest absolute Gasteiger partial charge is 0.366 e. The molecule has 4 nitrogen and oxygen atoms in total. The lowest BCUT2D eigenvalue weighted by atomic mass is 10.1. The molecule has 2 rings (SSSR count). The lowest BCUT2D eigenvalue weighted by Gasteiger charge is -2.09. The summed E-state index contributed by atoms with van der Waals surface area (Å²) in [6.45, 7) is 0. The van der Waals surface area contributed by atoms with Gasteiger partial charge in [0.15, 0.2) is 0 Å². The van der Waals surface area contributed by atoms with Gasteiger partial charge in [-0.05, 0) is 35.9 Å². The number of nitrogens with two attached hydrogens (primary N) is 1. The number of primary amides is 1. The molecule has 0 bridgehead atoms. The van der Waals surface area contributed by atoms with Crippen LogP contribution < -0.4 is 11.1 Å². The van der Waals surface area contributed by atoms with E-state index in [2.05, 4.69) is 5.32 Å². The summed E-state index contributed by atoms with van der Waals surface area (Å²) < 4.78 is 38.4. The minimum Gasteiger partial charge on any atom is -0.366 e. The second kappa shape index (κ2) is 7.40. The van der Waals surface area contributed by atoms with Crippen LogP contribution in [0.2, 0.25) is 5.02 Å². The van der Waals surface area contributed by atoms with Gasteiger partial charge in [0.2, 0.25) is 5.91 Å². The highest BCUT2D eigenvalue weighted by Crippen LogP contribution is 2.35. The van der Waals surface area contributed by atoms with Crippen LogP contribution in [0.4, 0.5) is 18.9 Å². The number of para-hydroxylation sites is 1. The summed E-state index contributed by atoms with van der Waals surface area (Å²) in [5.41, 5.74) is 4.68. The molecule has 0 aliphatic carbocycles. The highest BCUT2D eigenvalue weighted by molar-refractivity contribution is 6.31. The number of carbonyl (C=O) groups excluding carboxylic acids is 2. The van der Waals surface area contributed by atoms with Gasteiger partial charge in [-0.2, -0.15) is 13.2 Å². The number of carbonyl (C=O) groups is 2. The molecular formula is C17H12ClF3N2O2. The number of hydrogen-bond acceptors (Lipinski definition) is 2. The van der Waals surface area contributed by atoms with Crippen LogP contribution in [0, 0.1) is 0 Å². The van der Waals surface area contributed by atoms with E-state index in [4.69, 9.17) is 17.3 Å². The molecule has 0 aliphatic rings. The number of anilines is 1. The molecule has 0 aliphatic heterocycles. The highest BCUT2D eigenvalue weighted by Gasteiger charge is 2.33. The molecule has 2 aromatic carbocycles. The first-order chi connectivity index (χ1) is 11.7. The first-order valence-electron chi connectivity index (χ1n) is 6.93. The van der Waals surface area contributed by atoms with E-state index in [1.165, 1.54) is 24.3 Å². The number of amides is 2. The maximum absolute atomic E-state index is 12.8. The Morgan fingerprint density at radius 1 is 1.12 bits per heavy atom. The van der Waals surface area contributed by atoms with E-state index in [1.54, 1.807) is 12.1 Å².